The van der Waals surface area contributed by atoms with Crippen molar-refractivity contribution in [3.8, 4) is 11.8 Å². The van der Waals surface area contributed by atoms with Gasteiger partial charge < -0.3 is 10.1 Å². The number of nitrogens with one attached hydrogen (secondary N) is 1. The minimum Gasteiger partial charge on any atom is -0.475 e. The van der Waals surface area contributed by atoms with Gasteiger partial charge in [-0.3, -0.25) is 0 Å². The zero-order chi connectivity index (χ0) is 12.7. The summed E-state index contributed by atoms with van der Waals surface area (Å²) in [6.07, 6.45) is 0.692. The third kappa shape index (κ3) is 4.76. The van der Waals surface area contributed by atoms with Crippen LogP contribution in [-0.2, 0) is 6.54 Å². The van der Waals surface area contributed by atoms with Crippen molar-refractivity contribution in [1.82, 2.24) is 5.32 Å². The van der Waals surface area contributed by atoms with Gasteiger partial charge >= 0.3 is 0 Å². The van der Waals surface area contributed by atoms with Gasteiger partial charge in [0.2, 0.25) is 0 Å². The number of hydrogen-bond acceptors (Lipinski definition) is 3. The number of ether oxygens (including phenoxy) is 1. The van der Waals surface area contributed by atoms with E-state index in [2.05, 4.69) is 28.2 Å². The Kier molecular flexibility index (Phi) is 6.03. The Bertz CT molecular complexity index is 401. The first-order valence-electron chi connectivity index (χ1n) is 5.72. The average molecular weight is 297 g/mol. The molecule has 4 heteroatoms. The highest BCUT2D eigenvalue weighted by Crippen LogP contribution is 2.26. The van der Waals surface area contributed by atoms with Crippen molar-refractivity contribution >= 4 is 15.9 Å². The summed E-state index contributed by atoms with van der Waals surface area (Å²) in [6, 6.07) is 7.95. The van der Waals surface area contributed by atoms with Gasteiger partial charge in [0.15, 0.2) is 6.10 Å². The van der Waals surface area contributed by atoms with Gasteiger partial charge in [-0.1, -0.05) is 13.0 Å². The standard InChI is InChI=1S/C13H17BrN2O/c1-3-6-16-9-11-4-5-13(12(14)7-11)17-10(2)8-15/h4-5,7,10,16H,3,6,9H2,1-2H3. The van der Waals surface area contributed by atoms with Crippen LogP contribution in [0.5, 0.6) is 5.75 Å². The zero-order valence-corrected chi connectivity index (χ0v) is 11.8. The lowest BCUT2D eigenvalue weighted by molar-refractivity contribution is 0.274. The monoisotopic (exact) mass is 296 g/mol. The lowest BCUT2D eigenvalue weighted by atomic mass is 10.2. The van der Waals surface area contributed by atoms with E-state index in [4.69, 9.17) is 10.00 Å². The van der Waals surface area contributed by atoms with Crippen molar-refractivity contribution in [1.29, 1.82) is 5.26 Å². The van der Waals surface area contributed by atoms with Gasteiger partial charge in [0.05, 0.1) is 4.47 Å². The fourth-order valence-corrected chi connectivity index (χ4v) is 1.90. The van der Waals surface area contributed by atoms with E-state index in [0.717, 1.165) is 24.0 Å². The van der Waals surface area contributed by atoms with Gasteiger partial charge in [-0.15, -0.1) is 0 Å². The Hall–Kier alpha value is -1.05. The molecule has 0 heterocycles. The third-order valence-electron chi connectivity index (χ3n) is 2.24. The predicted octanol–water partition coefficient (Wildman–Crippen LogP) is 3.24. The van der Waals surface area contributed by atoms with Crippen LogP contribution in [0, 0.1) is 11.3 Å². The van der Waals surface area contributed by atoms with E-state index in [0.29, 0.717) is 5.75 Å². The van der Waals surface area contributed by atoms with Crippen molar-refractivity contribution in [2.45, 2.75) is 32.9 Å². The summed E-state index contributed by atoms with van der Waals surface area (Å²) in [5.74, 6) is 0.707. The Morgan fingerprint density at radius 1 is 1.53 bits per heavy atom. The van der Waals surface area contributed by atoms with Crippen molar-refractivity contribution in [3.05, 3.63) is 28.2 Å². The highest BCUT2D eigenvalue weighted by molar-refractivity contribution is 9.10. The van der Waals surface area contributed by atoms with Crippen LogP contribution in [0.25, 0.3) is 0 Å². The molecule has 92 valence electrons. The first-order valence-corrected chi connectivity index (χ1v) is 6.52. The molecule has 0 saturated heterocycles. The summed E-state index contributed by atoms with van der Waals surface area (Å²) < 4.78 is 6.33. The van der Waals surface area contributed by atoms with Crippen LogP contribution in [0.2, 0.25) is 0 Å². The van der Waals surface area contributed by atoms with Crippen molar-refractivity contribution < 1.29 is 4.74 Å². The molecule has 1 atom stereocenters. The Labute approximate surface area is 111 Å². The van der Waals surface area contributed by atoms with Crippen LogP contribution in [0.4, 0.5) is 0 Å². The largest absolute Gasteiger partial charge is 0.475 e. The maximum atomic E-state index is 8.68. The van der Waals surface area contributed by atoms with Gasteiger partial charge in [0, 0.05) is 6.54 Å². The molecule has 17 heavy (non-hydrogen) atoms. The number of halogens is 1. The van der Waals surface area contributed by atoms with Gasteiger partial charge in [0.1, 0.15) is 11.8 Å². The van der Waals surface area contributed by atoms with Crippen LogP contribution in [-0.4, -0.2) is 12.6 Å². The molecule has 0 saturated carbocycles. The highest BCUT2D eigenvalue weighted by atomic mass is 79.9. The van der Waals surface area contributed by atoms with Crippen LogP contribution >= 0.6 is 15.9 Å². The van der Waals surface area contributed by atoms with Gasteiger partial charge in [-0.25, -0.2) is 0 Å². The van der Waals surface area contributed by atoms with E-state index in [-0.39, 0.29) is 0 Å². The first kappa shape index (κ1) is 14.0. The summed E-state index contributed by atoms with van der Waals surface area (Å²) in [6.45, 7) is 5.73. The minimum absolute atomic E-state index is 0.435. The summed E-state index contributed by atoms with van der Waals surface area (Å²) >= 11 is 3.45. The first-order chi connectivity index (χ1) is 8.17. The number of nitriles is 1. The molecule has 0 amide bonds. The van der Waals surface area contributed by atoms with E-state index in [1.165, 1.54) is 5.56 Å². The predicted molar refractivity (Wildman–Crippen MR) is 71.8 cm³/mol. The van der Waals surface area contributed by atoms with E-state index in [1.807, 2.05) is 24.3 Å². The third-order valence-corrected chi connectivity index (χ3v) is 2.86. The number of hydrogen-bond donors (Lipinski definition) is 1. The van der Waals surface area contributed by atoms with E-state index in [9.17, 15) is 0 Å². The fraction of sp³-hybridized carbons (Fsp3) is 0.462. The molecule has 0 aliphatic rings. The molecule has 1 N–H and O–H groups in total. The molecular formula is C13H17BrN2O. The van der Waals surface area contributed by atoms with E-state index < -0.39 is 6.10 Å². The van der Waals surface area contributed by atoms with Crippen LogP contribution in [0.15, 0.2) is 22.7 Å². The van der Waals surface area contributed by atoms with Crippen LogP contribution in [0.3, 0.4) is 0 Å². The van der Waals surface area contributed by atoms with Gasteiger partial charge in [0.25, 0.3) is 0 Å². The molecule has 0 aliphatic carbocycles. The van der Waals surface area contributed by atoms with Crippen LogP contribution in [0.1, 0.15) is 25.8 Å². The van der Waals surface area contributed by atoms with Gasteiger partial charge in [-0.2, -0.15) is 5.26 Å². The lowest BCUT2D eigenvalue weighted by Gasteiger charge is -2.11. The maximum absolute atomic E-state index is 8.68. The Balaban J connectivity index is 2.63. The second-order valence-electron chi connectivity index (χ2n) is 3.83. The normalized spacial score (nSPS) is 11.9. The molecule has 0 bridgehead atoms. The number of nitrogens with zero attached hydrogens (tertiary/aromatic N) is 1. The van der Waals surface area contributed by atoms with Gasteiger partial charge in [-0.05, 0) is 53.5 Å². The molecule has 1 aromatic carbocycles. The highest BCUT2D eigenvalue weighted by Gasteiger charge is 2.06. The number of benzene rings is 1. The second kappa shape index (κ2) is 7.31. The minimum atomic E-state index is -0.435. The lowest BCUT2D eigenvalue weighted by Crippen LogP contribution is -2.14. The summed E-state index contributed by atoms with van der Waals surface area (Å²) in [4.78, 5) is 0. The fourth-order valence-electron chi connectivity index (χ4n) is 1.38. The molecular weight excluding hydrogens is 280 g/mol. The van der Waals surface area contributed by atoms with E-state index in [1.54, 1.807) is 6.92 Å². The van der Waals surface area contributed by atoms with Crippen molar-refractivity contribution in [3.63, 3.8) is 0 Å². The van der Waals surface area contributed by atoms with E-state index >= 15 is 0 Å². The summed E-state index contributed by atoms with van der Waals surface area (Å²) in [7, 11) is 0. The average Bonchev–Trinajstić information content (AvgIpc) is 2.32. The topological polar surface area (TPSA) is 45.0 Å². The molecule has 0 aromatic heterocycles. The smallest absolute Gasteiger partial charge is 0.181 e. The molecule has 0 radical (unpaired) electrons. The molecule has 3 nitrogen and oxygen atoms in total. The Morgan fingerprint density at radius 3 is 2.88 bits per heavy atom. The molecule has 1 rings (SSSR count). The molecule has 0 aliphatic heterocycles. The molecule has 0 spiro atoms. The molecule has 1 aromatic rings. The maximum Gasteiger partial charge on any atom is 0.181 e. The van der Waals surface area contributed by atoms with Crippen LogP contribution < -0.4 is 10.1 Å². The Morgan fingerprint density at radius 2 is 2.29 bits per heavy atom. The quantitative estimate of drug-likeness (QED) is 0.820. The summed E-state index contributed by atoms with van der Waals surface area (Å²) in [5.41, 5.74) is 1.20. The zero-order valence-electron chi connectivity index (χ0n) is 10.2. The SMILES string of the molecule is CCCNCc1ccc(OC(C)C#N)c(Br)c1. The van der Waals surface area contributed by atoms with Crippen molar-refractivity contribution in [2.75, 3.05) is 6.54 Å². The second-order valence-corrected chi connectivity index (χ2v) is 4.69. The molecule has 1 unspecified atom stereocenters. The van der Waals surface area contributed by atoms with Crippen molar-refractivity contribution in [2.24, 2.45) is 0 Å². The number of rotatable bonds is 6. The molecule has 0 fully saturated rings. The summed E-state index contributed by atoms with van der Waals surface area (Å²) in [5, 5.41) is 12.0.